The Bertz CT molecular complexity index is 520. The molecule has 0 heterocycles. The van der Waals surface area contributed by atoms with Gasteiger partial charge in [0.1, 0.15) is 0 Å². The molecule has 1 fully saturated rings. The van der Waals surface area contributed by atoms with E-state index in [2.05, 4.69) is 11.0 Å². The summed E-state index contributed by atoms with van der Waals surface area (Å²) < 4.78 is 27.2. The third kappa shape index (κ3) is 3.43. The van der Waals surface area contributed by atoms with Crippen LogP contribution in [0.25, 0.3) is 0 Å². The Kier molecular flexibility index (Phi) is 4.43. The molecule has 1 aliphatic carbocycles. The van der Waals surface area contributed by atoms with Crippen molar-refractivity contribution in [3.63, 3.8) is 0 Å². The number of benzene rings is 1. The van der Waals surface area contributed by atoms with E-state index >= 15 is 0 Å². The summed E-state index contributed by atoms with van der Waals surface area (Å²) in [6.45, 7) is 0.501. The maximum atomic E-state index is 12.2. The molecule has 1 aromatic carbocycles. The van der Waals surface area contributed by atoms with Crippen molar-refractivity contribution < 1.29 is 8.42 Å². The Balaban J connectivity index is 2.07. The topological polar surface area (TPSA) is 72.2 Å². The fourth-order valence-electron chi connectivity index (χ4n) is 2.43. The standard InChI is InChI=1S/C13H20N2O2S2/c1-18-13(8-2-3-9-13)10-15-19(16,17)12-6-4-11(14)5-7-12/h4-7,15H,2-3,8-10,14H2,1H3. The second kappa shape index (κ2) is 5.73. The quantitative estimate of drug-likeness (QED) is 0.818. The van der Waals surface area contributed by atoms with Gasteiger partial charge in [-0.05, 0) is 43.4 Å². The number of hydrogen-bond acceptors (Lipinski definition) is 4. The second-order valence-electron chi connectivity index (χ2n) is 4.99. The van der Waals surface area contributed by atoms with Gasteiger partial charge in [-0.3, -0.25) is 0 Å². The Morgan fingerprint density at radius 1 is 1.26 bits per heavy atom. The fourth-order valence-corrected chi connectivity index (χ4v) is 4.56. The number of thioether (sulfide) groups is 1. The molecule has 0 saturated heterocycles. The van der Waals surface area contributed by atoms with E-state index < -0.39 is 10.0 Å². The Labute approximate surface area is 119 Å². The predicted molar refractivity (Wildman–Crippen MR) is 80.8 cm³/mol. The summed E-state index contributed by atoms with van der Waals surface area (Å²) in [6.07, 6.45) is 6.59. The SMILES string of the molecule is CSC1(CNS(=O)(=O)c2ccc(N)cc2)CCCC1. The van der Waals surface area contributed by atoms with Gasteiger partial charge in [0.15, 0.2) is 0 Å². The van der Waals surface area contributed by atoms with Crippen molar-refractivity contribution in [2.24, 2.45) is 0 Å². The average molecular weight is 300 g/mol. The monoisotopic (exact) mass is 300 g/mol. The van der Waals surface area contributed by atoms with Crippen molar-refractivity contribution >= 4 is 27.5 Å². The summed E-state index contributed by atoms with van der Waals surface area (Å²) >= 11 is 1.77. The van der Waals surface area contributed by atoms with Crippen LogP contribution in [0.15, 0.2) is 29.2 Å². The number of nitrogens with one attached hydrogen (secondary N) is 1. The van der Waals surface area contributed by atoms with Gasteiger partial charge in [0, 0.05) is 17.0 Å². The van der Waals surface area contributed by atoms with Crippen molar-refractivity contribution in [2.75, 3.05) is 18.5 Å². The summed E-state index contributed by atoms with van der Waals surface area (Å²) in [6, 6.07) is 6.29. The number of rotatable bonds is 5. The molecular weight excluding hydrogens is 280 g/mol. The maximum absolute atomic E-state index is 12.2. The largest absolute Gasteiger partial charge is 0.399 e. The van der Waals surface area contributed by atoms with Crippen molar-refractivity contribution in [1.29, 1.82) is 0 Å². The molecule has 0 aliphatic heterocycles. The smallest absolute Gasteiger partial charge is 0.240 e. The van der Waals surface area contributed by atoms with Crippen molar-refractivity contribution in [2.45, 2.75) is 35.3 Å². The Morgan fingerprint density at radius 3 is 2.37 bits per heavy atom. The van der Waals surface area contributed by atoms with E-state index in [4.69, 9.17) is 5.73 Å². The minimum atomic E-state index is -3.43. The molecule has 6 heteroatoms. The first-order chi connectivity index (χ1) is 8.97. The molecule has 0 spiro atoms. The molecular formula is C13H20N2O2S2. The highest BCUT2D eigenvalue weighted by Crippen LogP contribution is 2.39. The number of anilines is 1. The van der Waals surface area contributed by atoms with Gasteiger partial charge in [-0.1, -0.05) is 12.8 Å². The van der Waals surface area contributed by atoms with Crippen LogP contribution in [0.3, 0.4) is 0 Å². The summed E-state index contributed by atoms with van der Waals surface area (Å²) in [5.74, 6) is 0. The molecule has 0 radical (unpaired) electrons. The van der Waals surface area contributed by atoms with Gasteiger partial charge in [-0.15, -0.1) is 0 Å². The van der Waals surface area contributed by atoms with Gasteiger partial charge < -0.3 is 5.73 Å². The van der Waals surface area contributed by atoms with Crippen LogP contribution in [0.4, 0.5) is 5.69 Å². The zero-order valence-electron chi connectivity index (χ0n) is 11.1. The molecule has 19 heavy (non-hydrogen) atoms. The van der Waals surface area contributed by atoms with Crippen LogP contribution in [-0.2, 0) is 10.0 Å². The maximum Gasteiger partial charge on any atom is 0.240 e. The highest BCUT2D eigenvalue weighted by Gasteiger charge is 2.34. The molecule has 0 aromatic heterocycles. The molecule has 0 unspecified atom stereocenters. The average Bonchev–Trinajstić information content (AvgIpc) is 2.87. The summed E-state index contributed by atoms with van der Waals surface area (Å²) in [4.78, 5) is 0.274. The first-order valence-corrected chi connectivity index (χ1v) is 9.09. The second-order valence-corrected chi connectivity index (χ2v) is 8.03. The highest BCUT2D eigenvalue weighted by molar-refractivity contribution is 8.00. The lowest BCUT2D eigenvalue weighted by molar-refractivity contribution is 0.551. The summed E-state index contributed by atoms with van der Waals surface area (Å²) in [7, 11) is -3.43. The zero-order valence-corrected chi connectivity index (χ0v) is 12.7. The van der Waals surface area contributed by atoms with Crippen molar-refractivity contribution in [1.82, 2.24) is 4.72 Å². The lowest BCUT2D eigenvalue weighted by Crippen LogP contribution is -2.38. The Morgan fingerprint density at radius 2 is 1.84 bits per heavy atom. The van der Waals surface area contributed by atoms with E-state index in [1.54, 1.807) is 23.9 Å². The lowest BCUT2D eigenvalue weighted by atomic mass is 10.1. The van der Waals surface area contributed by atoms with Crippen LogP contribution < -0.4 is 10.5 Å². The van der Waals surface area contributed by atoms with Crippen LogP contribution in [0.5, 0.6) is 0 Å². The summed E-state index contributed by atoms with van der Waals surface area (Å²) in [5, 5.41) is 0. The normalized spacial score (nSPS) is 18.6. The van der Waals surface area contributed by atoms with Crippen molar-refractivity contribution in [3.8, 4) is 0 Å². The van der Waals surface area contributed by atoms with E-state index in [9.17, 15) is 8.42 Å². The third-order valence-corrected chi connectivity index (χ3v) is 6.56. The molecule has 0 atom stereocenters. The minimum absolute atomic E-state index is 0.0703. The molecule has 106 valence electrons. The molecule has 0 bridgehead atoms. The van der Waals surface area contributed by atoms with Gasteiger partial charge in [0.05, 0.1) is 4.90 Å². The van der Waals surface area contributed by atoms with Gasteiger partial charge in [-0.2, -0.15) is 11.8 Å². The van der Waals surface area contributed by atoms with Gasteiger partial charge in [-0.25, -0.2) is 13.1 Å². The van der Waals surface area contributed by atoms with Crippen LogP contribution in [0, 0.1) is 0 Å². The zero-order chi connectivity index (χ0) is 13.9. The number of nitrogen functional groups attached to an aromatic ring is 1. The van der Waals surface area contributed by atoms with E-state index in [0.717, 1.165) is 12.8 Å². The van der Waals surface area contributed by atoms with Gasteiger partial charge in [0.25, 0.3) is 0 Å². The number of hydrogen-bond donors (Lipinski definition) is 2. The van der Waals surface area contributed by atoms with Crippen LogP contribution in [-0.4, -0.2) is 26.0 Å². The number of nitrogens with two attached hydrogens (primary N) is 1. The Hall–Kier alpha value is -0.720. The molecule has 0 amide bonds. The van der Waals surface area contributed by atoms with Gasteiger partial charge >= 0.3 is 0 Å². The number of sulfonamides is 1. The molecule has 1 saturated carbocycles. The molecule has 1 aromatic rings. The van der Waals surface area contributed by atoms with Crippen LogP contribution >= 0.6 is 11.8 Å². The van der Waals surface area contributed by atoms with E-state index in [-0.39, 0.29) is 9.64 Å². The molecule has 3 N–H and O–H groups in total. The van der Waals surface area contributed by atoms with E-state index in [1.807, 2.05) is 0 Å². The molecule has 4 nitrogen and oxygen atoms in total. The summed E-state index contributed by atoms with van der Waals surface area (Å²) in [5.41, 5.74) is 6.13. The van der Waals surface area contributed by atoms with Gasteiger partial charge in [0.2, 0.25) is 10.0 Å². The predicted octanol–water partition coefficient (Wildman–Crippen LogP) is 2.22. The van der Waals surface area contributed by atoms with E-state index in [1.165, 1.54) is 25.0 Å². The minimum Gasteiger partial charge on any atom is -0.399 e. The molecule has 1 aliphatic rings. The first-order valence-electron chi connectivity index (χ1n) is 6.38. The third-order valence-electron chi connectivity index (χ3n) is 3.72. The first kappa shape index (κ1) is 14.7. The van der Waals surface area contributed by atoms with Crippen LogP contribution in [0.2, 0.25) is 0 Å². The van der Waals surface area contributed by atoms with E-state index in [0.29, 0.717) is 12.2 Å². The lowest BCUT2D eigenvalue weighted by Gasteiger charge is -2.26. The molecule has 2 rings (SSSR count). The van der Waals surface area contributed by atoms with Crippen LogP contribution in [0.1, 0.15) is 25.7 Å². The van der Waals surface area contributed by atoms with Crippen molar-refractivity contribution in [3.05, 3.63) is 24.3 Å². The highest BCUT2D eigenvalue weighted by atomic mass is 32.2. The fraction of sp³-hybridized carbons (Fsp3) is 0.538.